The van der Waals surface area contributed by atoms with E-state index < -0.39 is 0 Å². The highest BCUT2D eigenvalue weighted by atomic mass is 16.7. The van der Waals surface area contributed by atoms with Crippen molar-refractivity contribution in [2.24, 2.45) is 0 Å². The summed E-state index contributed by atoms with van der Waals surface area (Å²) in [6.45, 7) is 8.29. The van der Waals surface area contributed by atoms with Crippen molar-refractivity contribution in [2.45, 2.75) is 38.5 Å². The molecule has 148 valence electrons. The number of benzene rings is 1. The number of carbonyl (C=O) groups excluding carboxylic acids is 1. The van der Waals surface area contributed by atoms with Gasteiger partial charge in [0.15, 0.2) is 6.29 Å². The van der Waals surface area contributed by atoms with Crippen molar-refractivity contribution < 1.29 is 14.3 Å². The van der Waals surface area contributed by atoms with Crippen molar-refractivity contribution in [3.8, 4) is 0 Å². The molecule has 0 aromatic heterocycles. The Morgan fingerprint density at radius 3 is 2.59 bits per heavy atom. The normalized spacial score (nSPS) is 25.1. The van der Waals surface area contributed by atoms with E-state index in [2.05, 4.69) is 41.0 Å². The molecule has 1 aromatic carbocycles. The quantitative estimate of drug-likeness (QED) is 0.806. The van der Waals surface area contributed by atoms with E-state index in [1.54, 1.807) is 0 Å². The number of amides is 1. The molecule has 1 amide bonds. The summed E-state index contributed by atoms with van der Waals surface area (Å²) >= 11 is 0. The fourth-order valence-electron chi connectivity index (χ4n) is 4.43. The fourth-order valence-corrected chi connectivity index (χ4v) is 4.43. The van der Waals surface area contributed by atoms with Gasteiger partial charge in [-0.3, -0.25) is 9.69 Å². The van der Waals surface area contributed by atoms with Crippen LogP contribution in [0.15, 0.2) is 24.3 Å². The number of rotatable bonds is 4. The maximum absolute atomic E-state index is 12.9. The molecule has 6 nitrogen and oxygen atoms in total. The van der Waals surface area contributed by atoms with E-state index >= 15 is 0 Å². The Bertz CT molecular complexity index is 639. The van der Waals surface area contributed by atoms with Gasteiger partial charge in [-0.1, -0.05) is 18.6 Å². The number of nitrogens with zero attached hydrogens (tertiary/aromatic N) is 3. The Morgan fingerprint density at radius 1 is 1.07 bits per heavy atom. The number of carbonyl (C=O) groups is 1. The van der Waals surface area contributed by atoms with E-state index in [4.69, 9.17) is 9.47 Å². The molecule has 0 radical (unpaired) electrons. The number of anilines is 1. The van der Waals surface area contributed by atoms with Crippen LogP contribution in [-0.4, -0.2) is 80.5 Å². The molecular weight excluding hydrogens is 342 g/mol. The monoisotopic (exact) mass is 373 g/mol. The molecule has 1 aromatic rings. The molecule has 0 N–H and O–H groups in total. The second-order valence-electron chi connectivity index (χ2n) is 7.85. The Hall–Kier alpha value is -1.63. The van der Waals surface area contributed by atoms with Crippen LogP contribution in [0.5, 0.6) is 0 Å². The third-order valence-electron chi connectivity index (χ3n) is 5.96. The molecule has 1 atom stereocenters. The van der Waals surface area contributed by atoms with Gasteiger partial charge in [0, 0.05) is 31.9 Å². The first-order valence-electron chi connectivity index (χ1n) is 10.3. The predicted octanol–water partition coefficient (Wildman–Crippen LogP) is 1.87. The van der Waals surface area contributed by atoms with Crippen molar-refractivity contribution >= 4 is 11.6 Å². The highest BCUT2D eigenvalue weighted by Gasteiger charge is 2.35. The van der Waals surface area contributed by atoms with Gasteiger partial charge in [0.25, 0.3) is 0 Å². The topological polar surface area (TPSA) is 45.2 Å². The Morgan fingerprint density at radius 2 is 1.85 bits per heavy atom. The summed E-state index contributed by atoms with van der Waals surface area (Å²) in [5.74, 6) is 0.240. The summed E-state index contributed by atoms with van der Waals surface area (Å²) in [5, 5.41) is 0. The van der Waals surface area contributed by atoms with Crippen molar-refractivity contribution in [2.75, 3.05) is 57.4 Å². The Kier molecular flexibility index (Phi) is 5.95. The van der Waals surface area contributed by atoms with Gasteiger partial charge in [-0.05, 0) is 44.0 Å². The largest absolute Gasteiger partial charge is 0.368 e. The molecule has 3 fully saturated rings. The van der Waals surface area contributed by atoms with E-state index in [9.17, 15) is 4.79 Å². The number of piperidine rings is 1. The SMILES string of the molecule is Cc1cccc(N2CCN(C(=O)CN3CCCCC3C3OCCO3)CC2)c1. The van der Waals surface area contributed by atoms with Crippen molar-refractivity contribution in [3.05, 3.63) is 29.8 Å². The van der Waals surface area contributed by atoms with Gasteiger partial charge in [-0.2, -0.15) is 0 Å². The highest BCUT2D eigenvalue weighted by molar-refractivity contribution is 5.78. The van der Waals surface area contributed by atoms with Gasteiger partial charge < -0.3 is 19.3 Å². The molecule has 27 heavy (non-hydrogen) atoms. The minimum Gasteiger partial charge on any atom is -0.368 e. The standard InChI is InChI=1S/C21H31N3O3/c1-17-5-4-6-18(15-17)22-9-11-23(12-10-22)20(25)16-24-8-3-2-7-19(24)21-26-13-14-27-21/h4-6,15,19,21H,2-3,7-14,16H2,1H3. The fraction of sp³-hybridized carbons (Fsp3) is 0.667. The van der Waals surface area contributed by atoms with Crippen LogP contribution in [0.3, 0.4) is 0 Å². The number of hydrogen-bond acceptors (Lipinski definition) is 5. The maximum Gasteiger partial charge on any atom is 0.236 e. The molecule has 0 aliphatic carbocycles. The lowest BCUT2D eigenvalue weighted by Gasteiger charge is -2.40. The zero-order valence-electron chi connectivity index (χ0n) is 16.3. The molecule has 3 heterocycles. The first-order valence-corrected chi connectivity index (χ1v) is 10.3. The summed E-state index contributed by atoms with van der Waals surface area (Å²) in [6.07, 6.45) is 3.24. The van der Waals surface area contributed by atoms with E-state index in [-0.39, 0.29) is 18.2 Å². The zero-order valence-corrected chi connectivity index (χ0v) is 16.3. The number of piperazine rings is 1. The van der Waals surface area contributed by atoms with Gasteiger partial charge >= 0.3 is 0 Å². The smallest absolute Gasteiger partial charge is 0.236 e. The van der Waals surface area contributed by atoms with Crippen LogP contribution in [0.25, 0.3) is 0 Å². The van der Waals surface area contributed by atoms with Crippen LogP contribution in [0, 0.1) is 6.92 Å². The third kappa shape index (κ3) is 4.45. The number of hydrogen-bond donors (Lipinski definition) is 0. The van der Waals surface area contributed by atoms with Gasteiger partial charge in [0.05, 0.1) is 25.8 Å². The van der Waals surface area contributed by atoms with Gasteiger partial charge in [-0.15, -0.1) is 0 Å². The van der Waals surface area contributed by atoms with Gasteiger partial charge in [-0.25, -0.2) is 0 Å². The molecule has 1 unspecified atom stereocenters. The van der Waals surface area contributed by atoms with Gasteiger partial charge in [0.2, 0.25) is 5.91 Å². The summed E-state index contributed by atoms with van der Waals surface area (Å²) in [6, 6.07) is 8.82. The lowest BCUT2D eigenvalue weighted by atomic mass is 10.0. The van der Waals surface area contributed by atoms with Crippen LogP contribution >= 0.6 is 0 Å². The summed E-state index contributed by atoms with van der Waals surface area (Å²) in [7, 11) is 0. The van der Waals surface area contributed by atoms with Crippen LogP contribution in [0.2, 0.25) is 0 Å². The minimum absolute atomic E-state index is 0.156. The van der Waals surface area contributed by atoms with E-state index in [0.717, 1.165) is 45.6 Å². The first kappa shape index (κ1) is 18.7. The lowest BCUT2D eigenvalue weighted by Crippen LogP contribution is -2.54. The summed E-state index contributed by atoms with van der Waals surface area (Å²) < 4.78 is 11.5. The molecular formula is C21H31N3O3. The molecule has 0 bridgehead atoms. The average molecular weight is 373 g/mol. The second-order valence-corrected chi connectivity index (χ2v) is 7.85. The van der Waals surface area contributed by atoms with Crippen LogP contribution in [0.4, 0.5) is 5.69 Å². The van der Waals surface area contributed by atoms with Crippen LogP contribution in [0.1, 0.15) is 24.8 Å². The average Bonchev–Trinajstić information content (AvgIpc) is 3.23. The highest BCUT2D eigenvalue weighted by Crippen LogP contribution is 2.24. The third-order valence-corrected chi connectivity index (χ3v) is 5.96. The lowest BCUT2D eigenvalue weighted by molar-refractivity contribution is -0.140. The molecule has 6 heteroatoms. The Balaban J connectivity index is 1.31. The summed E-state index contributed by atoms with van der Waals surface area (Å²) in [5.41, 5.74) is 2.53. The van der Waals surface area contributed by atoms with E-state index in [1.165, 1.54) is 17.7 Å². The number of likely N-dealkylation sites (tertiary alicyclic amines) is 1. The molecule has 3 saturated heterocycles. The predicted molar refractivity (Wildman–Crippen MR) is 105 cm³/mol. The molecule has 4 rings (SSSR count). The first-order chi connectivity index (χ1) is 13.2. The number of ether oxygens (including phenoxy) is 2. The Labute approximate surface area is 162 Å². The molecule has 0 saturated carbocycles. The van der Waals surface area contributed by atoms with E-state index in [0.29, 0.717) is 19.8 Å². The van der Waals surface area contributed by atoms with E-state index in [1.807, 2.05) is 4.90 Å². The summed E-state index contributed by atoms with van der Waals surface area (Å²) in [4.78, 5) is 19.6. The van der Waals surface area contributed by atoms with Crippen molar-refractivity contribution in [1.82, 2.24) is 9.80 Å². The number of aryl methyl sites for hydroxylation is 1. The van der Waals surface area contributed by atoms with Gasteiger partial charge in [0.1, 0.15) is 0 Å². The molecule has 3 aliphatic heterocycles. The van der Waals surface area contributed by atoms with Crippen LogP contribution < -0.4 is 4.90 Å². The van der Waals surface area contributed by atoms with Crippen molar-refractivity contribution in [3.63, 3.8) is 0 Å². The minimum atomic E-state index is -0.156. The molecule has 0 spiro atoms. The van der Waals surface area contributed by atoms with Crippen LogP contribution in [-0.2, 0) is 14.3 Å². The zero-order chi connectivity index (χ0) is 18.6. The van der Waals surface area contributed by atoms with Crippen molar-refractivity contribution in [1.29, 1.82) is 0 Å². The second kappa shape index (κ2) is 8.59. The maximum atomic E-state index is 12.9. The molecule has 3 aliphatic rings.